The van der Waals surface area contributed by atoms with E-state index in [1.54, 1.807) is 68.4 Å². The number of aliphatic hydroxyl groups is 2. The number of carboxylic acid groups (broad SMARTS) is 1. The summed E-state index contributed by atoms with van der Waals surface area (Å²) >= 11 is 7.01. The summed E-state index contributed by atoms with van der Waals surface area (Å²) in [7, 11) is 0. The molecule has 21 N–H and O–H groups in total. The van der Waals surface area contributed by atoms with Crippen molar-refractivity contribution in [3.63, 3.8) is 0 Å². The highest BCUT2D eigenvalue weighted by atomic mass is 32.2. The van der Waals surface area contributed by atoms with Gasteiger partial charge in [-0.3, -0.25) is 57.5 Å². The van der Waals surface area contributed by atoms with E-state index in [4.69, 9.17) is 29.4 Å². The second-order valence-corrected chi connectivity index (χ2v) is 25.7. The van der Waals surface area contributed by atoms with Crippen LogP contribution in [0.3, 0.4) is 0 Å². The summed E-state index contributed by atoms with van der Waals surface area (Å²) in [4.78, 5) is 171. The number of hydrogen-bond acceptors (Lipinski definition) is 19. The number of nitrogens with two attached hydrogens (primary N) is 3. The van der Waals surface area contributed by atoms with Gasteiger partial charge in [0, 0.05) is 42.4 Å². The van der Waals surface area contributed by atoms with Gasteiger partial charge in [0.15, 0.2) is 0 Å². The number of aliphatic carboxylic acids is 1. The Balaban J connectivity index is 1.51. The Bertz CT molecular complexity index is 3330. The number of aromatic amines is 1. The smallest absolute Gasteiger partial charge is 0.305 e. The molecule has 0 radical (unpaired) electrons. The predicted molar refractivity (Wildman–Crippen MR) is 373 cm³/mol. The number of benzene rings is 3. The van der Waals surface area contributed by atoms with Crippen molar-refractivity contribution in [1.29, 1.82) is 0 Å². The number of thioether (sulfide) groups is 1. The minimum Gasteiger partial charge on any atom is -0.481 e. The molecule has 99 heavy (non-hydrogen) atoms. The quantitative estimate of drug-likeness (QED) is 0.0167. The molecule has 3 aromatic carbocycles. The van der Waals surface area contributed by atoms with Gasteiger partial charge in [-0.25, -0.2) is 4.98 Å². The third-order valence-corrected chi connectivity index (χ3v) is 16.3. The molecule has 33 heteroatoms. The van der Waals surface area contributed by atoms with Crippen molar-refractivity contribution >= 4 is 106 Å². The highest BCUT2D eigenvalue weighted by Gasteiger charge is 2.37. The number of nitrogens with one attached hydrogen (secondary N) is 12. The topological polar surface area (TPSA) is 505 Å². The van der Waals surface area contributed by atoms with Gasteiger partial charge < -0.3 is 96.0 Å². The summed E-state index contributed by atoms with van der Waals surface area (Å²) in [5, 5.41) is 59.3. The molecule has 4 rings (SSSR count). The number of rotatable bonds is 43. The van der Waals surface area contributed by atoms with E-state index >= 15 is 0 Å². The van der Waals surface area contributed by atoms with Crippen LogP contribution in [-0.4, -0.2) is 199 Å². The van der Waals surface area contributed by atoms with Crippen molar-refractivity contribution in [2.75, 3.05) is 37.0 Å². The fraction of sp³-hybridized carbons (Fsp3) is 0.485. The van der Waals surface area contributed by atoms with Gasteiger partial charge in [0.05, 0.1) is 38.0 Å². The van der Waals surface area contributed by atoms with E-state index in [-0.39, 0.29) is 57.4 Å². The fourth-order valence-corrected chi connectivity index (χ4v) is 10.6. The minimum atomic E-state index is -2.07. The molecule has 31 nitrogen and oxygen atoms in total. The molecular formula is C66H94N16O15S2. The van der Waals surface area contributed by atoms with Crippen LogP contribution in [0.5, 0.6) is 0 Å². The number of thiocarbonyl (C=S) groups is 1. The normalized spacial score (nSPS) is 14.5. The Hall–Kier alpha value is -9.41. The molecule has 0 unspecified atom stereocenters. The molecule has 0 fully saturated rings. The van der Waals surface area contributed by atoms with Crippen molar-refractivity contribution in [3.05, 3.63) is 120 Å². The zero-order valence-corrected chi connectivity index (χ0v) is 57.8. The Labute approximate surface area is 583 Å². The van der Waals surface area contributed by atoms with E-state index in [9.17, 15) is 72.9 Å². The molecule has 0 bridgehead atoms. The predicted octanol–water partition coefficient (Wildman–Crippen LogP) is -2.05. The lowest BCUT2D eigenvalue weighted by Gasteiger charge is -2.28. The average Bonchev–Trinajstić information content (AvgIpc) is 1.21. The summed E-state index contributed by atoms with van der Waals surface area (Å²) in [5.74, 6) is -12.3. The first-order valence-electron chi connectivity index (χ1n) is 32.2. The lowest BCUT2D eigenvalue weighted by molar-refractivity contribution is -0.142. The molecule has 1 aromatic heterocycles. The Morgan fingerprint density at radius 3 is 1.67 bits per heavy atom. The van der Waals surface area contributed by atoms with Crippen LogP contribution in [0.1, 0.15) is 95.5 Å². The van der Waals surface area contributed by atoms with Crippen LogP contribution in [0.25, 0.3) is 0 Å². The van der Waals surface area contributed by atoms with E-state index in [2.05, 4.69) is 68.5 Å². The molecule has 11 amide bonds. The summed E-state index contributed by atoms with van der Waals surface area (Å²) in [5.41, 5.74) is 20.6. The van der Waals surface area contributed by atoms with E-state index in [1.165, 1.54) is 24.3 Å². The second kappa shape index (κ2) is 42.4. The van der Waals surface area contributed by atoms with E-state index in [1.807, 2.05) is 50.4 Å². The first kappa shape index (κ1) is 82.0. The Morgan fingerprint density at radius 2 is 1.11 bits per heavy atom. The van der Waals surface area contributed by atoms with Gasteiger partial charge >= 0.3 is 5.97 Å². The zero-order valence-electron chi connectivity index (χ0n) is 56.2. The maximum atomic E-state index is 14.4. The van der Waals surface area contributed by atoms with Gasteiger partial charge in [-0.15, -0.1) is 0 Å². The van der Waals surface area contributed by atoms with Gasteiger partial charge in [-0.1, -0.05) is 113 Å². The molecule has 0 aliphatic carbocycles. The number of imidazole rings is 1. The van der Waals surface area contributed by atoms with Crippen LogP contribution in [0.4, 0.5) is 5.69 Å². The number of carboxylic acids is 1. The number of anilines is 1. The number of unbranched alkanes of at least 4 members (excludes halogenated alkanes) is 1. The fourth-order valence-electron chi connectivity index (χ4n) is 9.91. The van der Waals surface area contributed by atoms with Crippen LogP contribution < -0.4 is 75.7 Å². The van der Waals surface area contributed by atoms with E-state index in [0.29, 0.717) is 39.7 Å². The van der Waals surface area contributed by atoms with Crippen LogP contribution in [0.15, 0.2) is 97.5 Å². The molecular weight excluding hydrogens is 1320 g/mol. The highest BCUT2D eigenvalue weighted by Crippen LogP contribution is 2.16. The van der Waals surface area contributed by atoms with Crippen LogP contribution in [-0.2, 0) is 76.8 Å². The Morgan fingerprint density at radius 1 is 0.586 bits per heavy atom. The number of amides is 11. The first-order chi connectivity index (χ1) is 47.0. The number of carbonyl (C=O) groups is 12. The first-order valence-corrected chi connectivity index (χ1v) is 34.1. The Kier molecular flexibility index (Phi) is 35.1. The SMILES string of the molecule is CSCC[C@H](NC(=O)[C@H](CC(C)C)NC(=O)CNC(=O)[C@@H](NC(=O)[C@H](Cc1ccccc1)NC(=O)[C@H](CO)NC(=O)[C@H](CC(=O)O)NC(=O)[C@@H](NC(=O)[C@H](CCCCN)NC(=O)[C@H](Cc1ccc(NC(=S)c2ccccc2)cc1)NC(=O)[C@@H](N)Cc1cnc[nH]1)[C@@H](C)O)C(C)C)C(N)=O. The second-order valence-electron chi connectivity index (χ2n) is 24.3. The van der Waals surface area contributed by atoms with Crippen molar-refractivity contribution < 1.29 is 72.9 Å². The molecule has 4 aromatic rings. The zero-order chi connectivity index (χ0) is 73.3. The lowest BCUT2D eigenvalue weighted by atomic mass is 10.0. The van der Waals surface area contributed by atoms with Crippen molar-refractivity contribution in [1.82, 2.24) is 63.1 Å². The van der Waals surface area contributed by atoms with Crippen LogP contribution >= 0.6 is 24.0 Å². The number of aliphatic hydroxyl groups excluding tert-OH is 2. The summed E-state index contributed by atoms with van der Waals surface area (Å²) in [6, 6.07) is 9.32. The maximum Gasteiger partial charge on any atom is 0.305 e. The van der Waals surface area contributed by atoms with Gasteiger partial charge in [0.1, 0.15) is 59.4 Å². The molecule has 0 aliphatic rings. The molecule has 11 atom stereocenters. The minimum absolute atomic E-state index is 0.0171. The number of nitrogens with zero attached hydrogens (tertiary/aromatic N) is 1. The molecule has 0 saturated heterocycles. The van der Waals surface area contributed by atoms with Crippen molar-refractivity contribution in [3.8, 4) is 0 Å². The summed E-state index contributed by atoms with van der Waals surface area (Å²) in [6.07, 6.45) is 2.39. The summed E-state index contributed by atoms with van der Waals surface area (Å²) < 4.78 is 0. The van der Waals surface area contributed by atoms with Crippen molar-refractivity contribution in [2.45, 2.75) is 159 Å². The summed E-state index contributed by atoms with van der Waals surface area (Å²) in [6.45, 7) is 6.27. The average molecular weight is 1420 g/mol. The number of carbonyl (C=O) groups excluding carboxylic acids is 11. The molecule has 0 aliphatic heterocycles. The molecule has 0 saturated carbocycles. The monoisotopic (exact) mass is 1410 g/mol. The maximum absolute atomic E-state index is 14.4. The lowest BCUT2D eigenvalue weighted by Crippen LogP contribution is -2.62. The van der Waals surface area contributed by atoms with Gasteiger partial charge in [-0.2, -0.15) is 11.8 Å². The van der Waals surface area contributed by atoms with Crippen LogP contribution in [0, 0.1) is 11.8 Å². The number of hydrogen-bond donors (Lipinski definition) is 18. The van der Waals surface area contributed by atoms with E-state index in [0.717, 1.165) is 12.5 Å². The third kappa shape index (κ3) is 28.9. The molecule has 540 valence electrons. The third-order valence-electron chi connectivity index (χ3n) is 15.3. The van der Waals surface area contributed by atoms with Gasteiger partial charge in [0.25, 0.3) is 0 Å². The largest absolute Gasteiger partial charge is 0.481 e. The number of H-pyrrole nitrogens is 1. The van der Waals surface area contributed by atoms with Crippen LogP contribution in [0.2, 0.25) is 0 Å². The van der Waals surface area contributed by atoms with E-state index < -0.39 is 163 Å². The number of primary amides is 1. The van der Waals surface area contributed by atoms with Gasteiger partial charge in [-0.05, 0) is 92.7 Å². The molecule has 1 heterocycles. The van der Waals surface area contributed by atoms with Gasteiger partial charge in [0.2, 0.25) is 65.0 Å². The standard InChI is InChI=1S/C66H94N16O15S2/c1-36(2)27-47(59(91)75-45(56(69)88)24-26-99-6)74-52(85)33-71-64(96)54(37(3)4)81-62(94)49(28-39-15-9-7-10-16-39)78-63(95)51(34-83)80-61(93)50(31-53(86)87)79-65(97)55(38(5)84)82-58(90)46(19-13-14-25-67)76-60(92)48(77-57(89)44(68)30-43-32-70-35-72-43)29-40-20-22-42(23-21-40)73-66(98)41-17-11-8-12-18-41/h7-12,15-18,20-23,32,35-38,44-51,54-55,83-84H,13-14,19,24-31,33-34,67-68H2,1-6H3,(H2,69,88)(H,70,72)(H,71,96)(H,73,98)(H,74,85)(H,75,91)(H,76,92)(H,77,89)(H,78,95)(H,79,97)(H,80,93)(H,81,94)(H,82,90)(H,86,87)/t38-,44+,45+,46+,47+,48+,49+,50+,51+,54+,55+/m1/s1. The highest BCUT2D eigenvalue weighted by molar-refractivity contribution is 7.98. The van der Waals surface area contributed by atoms with Crippen molar-refractivity contribution in [2.24, 2.45) is 29.0 Å². The number of aromatic nitrogens is 2. The molecule has 0 spiro atoms.